The van der Waals surface area contributed by atoms with E-state index in [4.69, 9.17) is 11.5 Å². The molecule has 1 fully saturated rings. The van der Waals surface area contributed by atoms with Crippen molar-refractivity contribution in [1.29, 1.82) is 0 Å². The lowest BCUT2D eigenvalue weighted by atomic mass is 10.3. The molecule has 1 amide bonds. The Morgan fingerprint density at radius 3 is 2.61 bits per heavy atom. The summed E-state index contributed by atoms with van der Waals surface area (Å²) in [6.07, 6.45) is 0.633. The van der Waals surface area contributed by atoms with Gasteiger partial charge in [-0.1, -0.05) is 12.1 Å². The van der Waals surface area contributed by atoms with Crippen LogP contribution in [0.1, 0.15) is 12.2 Å². The second-order valence-corrected chi connectivity index (χ2v) is 6.19. The molecular formula is C14H15FN6OS. The van der Waals surface area contributed by atoms with E-state index in [1.807, 2.05) is 0 Å². The van der Waals surface area contributed by atoms with Crippen molar-refractivity contribution in [3.05, 3.63) is 35.9 Å². The third-order valence-electron chi connectivity index (χ3n) is 3.43. The number of carbonyl (C=O) groups excluding carboxylic acids is 1. The fourth-order valence-electron chi connectivity index (χ4n) is 2.41. The molecule has 23 heavy (non-hydrogen) atoms. The van der Waals surface area contributed by atoms with Crippen molar-refractivity contribution in [2.45, 2.75) is 17.4 Å². The van der Waals surface area contributed by atoms with Gasteiger partial charge in [0.2, 0.25) is 17.8 Å². The highest BCUT2D eigenvalue weighted by Gasteiger charge is 2.34. The molecule has 4 N–H and O–H groups in total. The zero-order valence-electron chi connectivity index (χ0n) is 12.1. The van der Waals surface area contributed by atoms with Gasteiger partial charge in [-0.05, 0) is 18.6 Å². The van der Waals surface area contributed by atoms with Crippen molar-refractivity contribution in [3.63, 3.8) is 0 Å². The molecule has 2 heterocycles. The summed E-state index contributed by atoms with van der Waals surface area (Å²) in [6.45, 7) is 0.485. The SMILES string of the molecule is Nc1nc(N)nc(CS[C@@H]2CCN(c3ccccc3F)C2=O)n1. The van der Waals surface area contributed by atoms with Crippen molar-refractivity contribution in [2.24, 2.45) is 0 Å². The van der Waals surface area contributed by atoms with Gasteiger partial charge in [-0.3, -0.25) is 4.79 Å². The van der Waals surface area contributed by atoms with Gasteiger partial charge in [-0.15, -0.1) is 11.8 Å². The van der Waals surface area contributed by atoms with Gasteiger partial charge in [0, 0.05) is 6.54 Å². The standard InChI is InChI=1S/C14H15FN6OS/c15-8-3-1-2-4-9(8)21-6-5-10(12(21)22)23-7-11-18-13(16)20-14(17)19-11/h1-4,10H,5-7H2,(H4,16,17,18,19,20)/t10-/m1/s1. The summed E-state index contributed by atoms with van der Waals surface area (Å²) >= 11 is 1.39. The number of anilines is 3. The minimum absolute atomic E-state index is 0.0545. The van der Waals surface area contributed by atoms with Crippen LogP contribution < -0.4 is 16.4 Å². The fraction of sp³-hybridized carbons (Fsp3) is 0.286. The van der Waals surface area contributed by atoms with E-state index < -0.39 is 5.82 Å². The van der Waals surface area contributed by atoms with Crippen molar-refractivity contribution in [2.75, 3.05) is 22.9 Å². The molecule has 3 rings (SSSR count). The number of nitrogens with two attached hydrogens (primary N) is 2. The second kappa shape index (κ2) is 6.37. The lowest BCUT2D eigenvalue weighted by molar-refractivity contribution is -0.116. The number of hydrogen-bond donors (Lipinski definition) is 2. The monoisotopic (exact) mass is 334 g/mol. The molecule has 2 aromatic rings. The number of halogens is 1. The summed E-state index contributed by atoms with van der Waals surface area (Å²) < 4.78 is 13.8. The third-order valence-corrected chi connectivity index (χ3v) is 4.69. The molecule has 1 atom stereocenters. The summed E-state index contributed by atoms with van der Waals surface area (Å²) in [5, 5.41) is -0.270. The van der Waals surface area contributed by atoms with E-state index in [9.17, 15) is 9.18 Å². The predicted octanol–water partition coefficient (Wildman–Crippen LogP) is 1.21. The summed E-state index contributed by atoms with van der Waals surface area (Å²) in [4.78, 5) is 25.6. The van der Waals surface area contributed by atoms with E-state index in [0.29, 0.717) is 30.2 Å². The first-order valence-electron chi connectivity index (χ1n) is 6.98. The predicted molar refractivity (Wildman–Crippen MR) is 87.1 cm³/mol. The van der Waals surface area contributed by atoms with Crippen LogP contribution >= 0.6 is 11.8 Å². The quantitative estimate of drug-likeness (QED) is 0.864. The topological polar surface area (TPSA) is 111 Å². The Labute approximate surface area is 136 Å². The van der Waals surface area contributed by atoms with E-state index in [2.05, 4.69) is 15.0 Å². The lowest BCUT2D eigenvalue weighted by Crippen LogP contribution is -2.28. The highest BCUT2D eigenvalue weighted by molar-refractivity contribution is 7.99. The fourth-order valence-corrected chi connectivity index (χ4v) is 3.44. The maximum atomic E-state index is 13.8. The molecule has 1 saturated heterocycles. The number of para-hydroxylation sites is 1. The number of nitrogen functional groups attached to an aromatic ring is 2. The molecule has 1 aliphatic rings. The summed E-state index contributed by atoms with van der Waals surface area (Å²) in [6, 6.07) is 6.26. The smallest absolute Gasteiger partial charge is 0.240 e. The Morgan fingerprint density at radius 1 is 1.22 bits per heavy atom. The molecule has 0 spiro atoms. The third kappa shape index (κ3) is 3.34. The van der Waals surface area contributed by atoms with Crippen LogP contribution in [0.2, 0.25) is 0 Å². The normalized spacial score (nSPS) is 17.7. The number of aromatic nitrogens is 3. The zero-order valence-corrected chi connectivity index (χ0v) is 13.0. The van der Waals surface area contributed by atoms with Crippen molar-refractivity contribution < 1.29 is 9.18 Å². The maximum Gasteiger partial charge on any atom is 0.240 e. The van der Waals surface area contributed by atoms with E-state index in [-0.39, 0.29) is 23.1 Å². The van der Waals surface area contributed by atoms with Crippen LogP contribution in [-0.4, -0.2) is 32.7 Å². The number of benzene rings is 1. The second-order valence-electron chi connectivity index (χ2n) is 5.00. The molecule has 1 aromatic carbocycles. The Kier molecular flexibility index (Phi) is 4.28. The first-order chi connectivity index (χ1) is 11.0. The van der Waals surface area contributed by atoms with Crippen LogP contribution in [0, 0.1) is 5.82 Å². The van der Waals surface area contributed by atoms with Gasteiger partial charge in [0.25, 0.3) is 0 Å². The highest BCUT2D eigenvalue weighted by Crippen LogP contribution is 2.31. The van der Waals surface area contributed by atoms with E-state index in [1.165, 1.54) is 22.7 Å². The van der Waals surface area contributed by atoms with E-state index in [0.717, 1.165) is 0 Å². The molecule has 0 unspecified atom stereocenters. The molecule has 7 nitrogen and oxygen atoms in total. The molecule has 0 radical (unpaired) electrons. The molecule has 0 bridgehead atoms. The molecule has 0 saturated carbocycles. The number of thioether (sulfide) groups is 1. The minimum atomic E-state index is -0.399. The lowest BCUT2D eigenvalue weighted by Gasteiger charge is -2.17. The highest BCUT2D eigenvalue weighted by atomic mass is 32.2. The zero-order chi connectivity index (χ0) is 16.4. The Hall–Kier alpha value is -2.42. The molecular weight excluding hydrogens is 319 g/mol. The van der Waals surface area contributed by atoms with Gasteiger partial charge in [-0.2, -0.15) is 15.0 Å². The van der Waals surface area contributed by atoms with Gasteiger partial charge in [-0.25, -0.2) is 4.39 Å². The number of carbonyl (C=O) groups is 1. The van der Waals surface area contributed by atoms with Gasteiger partial charge < -0.3 is 16.4 Å². The van der Waals surface area contributed by atoms with E-state index >= 15 is 0 Å². The first-order valence-corrected chi connectivity index (χ1v) is 8.03. The van der Waals surface area contributed by atoms with Crippen LogP contribution in [0.5, 0.6) is 0 Å². The molecule has 1 aliphatic heterocycles. The Balaban J connectivity index is 1.67. The van der Waals surface area contributed by atoms with E-state index in [1.54, 1.807) is 18.2 Å². The van der Waals surface area contributed by atoms with Crippen molar-refractivity contribution in [3.8, 4) is 0 Å². The summed E-state index contributed by atoms with van der Waals surface area (Å²) in [7, 11) is 0. The van der Waals surface area contributed by atoms with Crippen LogP contribution in [0.4, 0.5) is 22.0 Å². The minimum Gasteiger partial charge on any atom is -0.368 e. The van der Waals surface area contributed by atoms with Crippen molar-refractivity contribution in [1.82, 2.24) is 15.0 Å². The summed E-state index contributed by atoms with van der Waals surface area (Å²) in [5.41, 5.74) is 11.3. The number of rotatable bonds is 4. The number of hydrogen-bond acceptors (Lipinski definition) is 7. The van der Waals surface area contributed by atoms with Crippen molar-refractivity contribution >= 4 is 35.3 Å². The van der Waals surface area contributed by atoms with Gasteiger partial charge in [0.1, 0.15) is 11.6 Å². The molecule has 1 aromatic heterocycles. The van der Waals surface area contributed by atoms with Crippen LogP contribution in [-0.2, 0) is 10.5 Å². The summed E-state index contributed by atoms with van der Waals surface area (Å²) in [5.74, 6) is 0.410. The average molecular weight is 334 g/mol. The molecule has 120 valence electrons. The maximum absolute atomic E-state index is 13.8. The first kappa shape index (κ1) is 15.5. The van der Waals surface area contributed by atoms with Crippen LogP contribution in [0.3, 0.4) is 0 Å². The van der Waals surface area contributed by atoms with Gasteiger partial charge in [0.05, 0.1) is 16.7 Å². The Bertz CT molecular complexity index is 723. The Morgan fingerprint density at radius 2 is 1.91 bits per heavy atom. The number of amides is 1. The van der Waals surface area contributed by atoms with Gasteiger partial charge in [0.15, 0.2) is 0 Å². The van der Waals surface area contributed by atoms with Crippen LogP contribution in [0.25, 0.3) is 0 Å². The average Bonchev–Trinajstić information content (AvgIpc) is 2.86. The molecule has 0 aliphatic carbocycles. The van der Waals surface area contributed by atoms with Gasteiger partial charge >= 0.3 is 0 Å². The molecule has 9 heteroatoms. The number of nitrogens with zero attached hydrogens (tertiary/aromatic N) is 4. The largest absolute Gasteiger partial charge is 0.368 e. The van der Waals surface area contributed by atoms with Crippen LogP contribution in [0.15, 0.2) is 24.3 Å².